The topological polar surface area (TPSA) is 65.0 Å². The Balaban J connectivity index is 1.97. The predicted octanol–water partition coefficient (Wildman–Crippen LogP) is 4.73. The SMILES string of the molecule is COc1ccccc1[C@H]1OC(C)(C)OC[C@H]1C/C=C\CCCCC(=O)O. The average Bonchev–Trinajstić information content (AvgIpc) is 2.61. The van der Waals surface area contributed by atoms with Crippen LogP contribution in [0.5, 0.6) is 5.75 Å². The van der Waals surface area contributed by atoms with Gasteiger partial charge >= 0.3 is 5.97 Å². The first-order valence-electron chi connectivity index (χ1n) is 9.24. The molecule has 1 aromatic rings. The lowest BCUT2D eigenvalue weighted by Gasteiger charge is -2.41. The van der Waals surface area contributed by atoms with Gasteiger partial charge in [0.05, 0.1) is 19.8 Å². The lowest BCUT2D eigenvalue weighted by atomic mass is 9.91. The standard InChI is InChI=1S/C21H30O5/c1-21(2)25-15-16(11-7-5-4-6-8-14-19(22)23)20(26-21)17-12-9-10-13-18(17)24-3/h5,7,9-10,12-13,16,20H,4,6,8,11,14-15H2,1-3H3,(H,22,23)/b7-5-/t16-,20+/m1/s1. The largest absolute Gasteiger partial charge is 0.496 e. The third-order valence-electron chi connectivity index (χ3n) is 4.55. The molecule has 1 saturated heterocycles. The van der Waals surface area contributed by atoms with Crippen molar-refractivity contribution in [1.82, 2.24) is 0 Å². The smallest absolute Gasteiger partial charge is 0.303 e. The van der Waals surface area contributed by atoms with E-state index in [4.69, 9.17) is 19.3 Å². The van der Waals surface area contributed by atoms with E-state index in [0.29, 0.717) is 13.0 Å². The second kappa shape index (κ2) is 9.74. The Hall–Kier alpha value is -1.85. The maximum atomic E-state index is 10.5. The number of aliphatic carboxylic acids is 1. The highest BCUT2D eigenvalue weighted by Crippen LogP contribution is 2.41. The Morgan fingerprint density at radius 1 is 1.31 bits per heavy atom. The van der Waals surface area contributed by atoms with Gasteiger partial charge in [0.2, 0.25) is 0 Å². The normalized spacial score (nSPS) is 22.4. The van der Waals surface area contributed by atoms with Crippen LogP contribution in [0.1, 0.15) is 57.6 Å². The van der Waals surface area contributed by atoms with Gasteiger partial charge in [0.25, 0.3) is 0 Å². The molecular formula is C21H30O5. The molecule has 0 spiro atoms. The highest BCUT2D eigenvalue weighted by Gasteiger charge is 2.37. The van der Waals surface area contributed by atoms with Crippen LogP contribution in [-0.2, 0) is 14.3 Å². The van der Waals surface area contributed by atoms with Crippen molar-refractivity contribution in [2.75, 3.05) is 13.7 Å². The molecule has 0 radical (unpaired) electrons. The number of para-hydroxylation sites is 1. The van der Waals surface area contributed by atoms with Crippen LogP contribution in [0, 0.1) is 5.92 Å². The Labute approximate surface area is 156 Å². The van der Waals surface area contributed by atoms with Crippen LogP contribution in [0.25, 0.3) is 0 Å². The molecule has 0 aliphatic carbocycles. The van der Waals surface area contributed by atoms with Gasteiger partial charge in [0, 0.05) is 17.9 Å². The molecule has 26 heavy (non-hydrogen) atoms. The van der Waals surface area contributed by atoms with Gasteiger partial charge in [-0.05, 0) is 45.6 Å². The number of unbranched alkanes of at least 4 members (excludes halogenated alkanes) is 2. The number of ether oxygens (including phenoxy) is 3. The molecule has 0 bridgehead atoms. The summed E-state index contributed by atoms with van der Waals surface area (Å²) in [5, 5.41) is 8.65. The summed E-state index contributed by atoms with van der Waals surface area (Å²) in [6.45, 7) is 4.49. The minimum absolute atomic E-state index is 0.0911. The summed E-state index contributed by atoms with van der Waals surface area (Å²) in [4.78, 5) is 10.5. The summed E-state index contributed by atoms with van der Waals surface area (Å²) in [6.07, 6.45) is 7.77. The molecule has 1 aromatic carbocycles. The summed E-state index contributed by atoms with van der Waals surface area (Å²) in [6, 6.07) is 7.96. The van der Waals surface area contributed by atoms with Crippen LogP contribution < -0.4 is 4.74 Å². The minimum atomic E-state index is -0.729. The molecular weight excluding hydrogens is 332 g/mol. The van der Waals surface area contributed by atoms with E-state index in [2.05, 4.69) is 12.2 Å². The van der Waals surface area contributed by atoms with Crippen LogP contribution in [0.2, 0.25) is 0 Å². The molecule has 0 saturated carbocycles. The van der Waals surface area contributed by atoms with Crippen LogP contribution in [0.3, 0.4) is 0 Å². The Morgan fingerprint density at radius 3 is 2.81 bits per heavy atom. The summed E-state index contributed by atoms with van der Waals surface area (Å²) in [5.74, 6) is -0.317. The molecule has 5 heteroatoms. The minimum Gasteiger partial charge on any atom is -0.496 e. The molecule has 0 unspecified atom stereocenters. The van der Waals surface area contributed by atoms with E-state index in [1.54, 1.807) is 7.11 Å². The van der Waals surface area contributed by atoms with Crippen molar-refractivity contribution >= 4 is 5.97 Å². The molecule has 5 nitrogen and oxygen atoms in total. The molecule has 1 N–H and O–H groups in total. The van der Waals surface area contributed by atoms with Crippen LogP contribution in [-0.4, -0.2) is 30.6 Å². The summed E-state index contributed by atoms with van der Waals surface area (Å²) >= 11 is 0. The Morgan fingerprint density at radius 2 is 2.08 bits per heavy atom. The van der Waals surface area contributed by atoms with Gasteiger partial charge in [-0.25, -0.2) is 0 Å². The fourth-order valence-corrected chi connectivity index (χ4v) is 3.17. The zero-order valence-electron chi connectivity index (χ0n) is 15.9. The average molecular weight is 362 g/mol. The summed E-state index contributed by atoms with van der Waals surface area (Å²) < 4.78 is 17.6. The molecule has 0 amide bonds. The predicted molar refractivity (Wildman–Crippen MR) is 100 cm³/mol. The van der Waals surface area contributed by atoms with E-state index in [-0.39, 0.29) is 18.4 Å². The van der Waals surface area contributed by atoms with Crippen LogP contribution >= 0.6 is 0 Å². The van der Waals surface area contributed by atoms with Crippen molar-refractivity contribution < 1.29 is 24.1 Å². The van der Waals surface area contributed by atoms with Crippen molar-refractivity contribution in [3.63, 3.8) is 0 Å². The molecule has 1 heterocycles. The molecule has 2 atom stereocenters. The van der Waals surface area contributed by atoms with Crippen molar-refractivity contribution in [3.8, 4) is 5.75 Å². The lowest BCUT2D eigenvalue weighted by Crippen LogP contribution is -2.41. The highest BCUT2D eigenvalue weighted by atomic mass is 16.7. The zero-order valence-corrected chi connectivity index (χ0v) is 15.9. The fraction of sp³-hybridized carbons (Fsp3) is 0.571. The van der Waals surface area contributed by atoms with Crippen LogP contribution in [0.4, 0.5) is 0 Å². The third-order valence-corrected chi connectivity index (χ3v) is 4.55. The van der Waals surface area contributed by atoms with Crippen molar-refractivity contribution in [2.45, 2.75) is 57.8 Å². The third kappa shape index (κ3) is 6.15. The summed E-state index contributed by atoms with van der Waals surface area (Å²) in [5.41, 5.74) is 1.05. The molecule has 1 aliphatic rings. The number of benzene rings is 1. The number of carbonyl (C=O) groups is 1. The number of carboxylic acids is 1. The van der Waals surface area contributed by atoms with Gasteiger partial charge in [0.1, 0.15) is 5.75 Å². The number of hydrogen-bond acceptors (Lipinski definition) is 4. The summed E-state index contributed by atoms with van der Waals surface area (Å²) in [7, 11) is 1.68. The molecule has 144 valence electrons. The van der Waals surface area contributed by atoms with Crippen molar-refractivity contribution in [1.29, 1.82) is 0 Å². The van der Waals surface area contributed by atoms with E-state index < -0.39 is 11.8 Å². The molecule has 2 rings (SSSR count). The number of allylic oxidation sites excluding steroid dienone is 2. The van der Waals surface area contributed by atoms with E-state index in [1.807, 2.05) is 38.1 Å². The van der Waals surface area contributed by atoms with Gasteiger partial charge in [0.15, 0.2) is 5.79 Å². The lowest BCUT2D eigenvalue weighted by molar-refractivity contribution is -0.295. The second-order valence-corrected chi connectivity index (χ2v) is 7.10. The number of carboxylic acid groups (broad SMARTS) is 1. The number of methoxy groups -OCH3 is 1. The second-order valence-electron chi connectivity index (χ2n) is 7.10. The fourth-order valence-electron chi connectivity index (χ4n) is 3.17. The zero-order chi connectivity index (χ0) is 19.0. The maximum Gasteiger partial charge on any atom is 0.303 e. The first-order chi connectivity index (χ1) is 12.4. The Kier molecular flexibility index (Phi) is 7.66. The molecule has 0 aromatic heterocycles. The van der Waals surface area contributed by atoms with Crippen molar-refractivity contribution in [3.05, 3.63) is 42.0 Å². The van der Waals surface area contributed by atoms with Gasteiger partial charge < -0.3 is 19.3 Å². The molecule has 1 fully saturated rings. The van der Waals surface area contributed by atoms with E-state index in [9.17, 15) is 4.79 Å². The molecule has 1 aliphatic heterocycles. The Bertz CT molecular complexity index is 608. The number of rotatable bonds is 9. The van der Waals surface area contributed by atoms with Gasteiger partial charge in [-0.1, -0.05) is 30.4 Å². The van der Waals surface area contributed by atoms with E-state index in [1.165, 1.54) is 0 Å². The van der Waals surface area contributed by atoms with Crippen LogP contribution in [0.15, 0.2) is 36.4 Å². The van der Waals surface area contributed by atoms with Crippen molar-refractivity contribution in [2.24, 2.45) is 5.92 Å². The first kappa shape index (κ1) is 20.5. The van der Waals surface area contributed by atoms with Gasteiger partial charge in [-0.2, -0.15) is 0 Å². The van der Waals surface area contributed by atoms with Gasteiger partial charge in [-0.3, -0.25) is 4.79 Å². The first-order valence-corrected chi connectivity index (χ1v) is 9.24. The maximum absolute atomic E-state index is 10.5. The number of hydrogen-bond donors (Lipinski definition) is 1. The monoisotopic (exact) mass is 362 g/mol. The highest BCUT2D eigenvalue weighted by molar-refractivity contribution is 5.66. The van der Waals surface area contributed by atoms with E-state index in [0.717, 1.165) is 30.6 Å². The van der Waals surface area contributed by atoms with Gasteiger partial charge in [-0.15, -0.1) is 0 Å². The quantitative estimate of drug-likeness (QED) is 0.508. The van der Waals surface area contributed by atoms with E-state index >= 15 is 0 Å².